The summed E-state index contributed by atoms with van der Waals surface area (Å²) in [5.41, 5.74) is 0.239. The minimum Gasteiger partial charge on any atom is -0.504 e. The molecule has 0 aliphatic heterocycles. The normalized spacial score (nSPS) is 17.6. The molecule has 2 rings (SSSR count). The maximum Gasteiger partial charge on any atom is 0.165 e. The molecule has 82 valence electrons. The van der Waals surface area contributed by atoms with Gasteiger partial charge in [-0.05, 0) is 31.4 Å². The van der Waals surface area contributed by atoms with Crippen LogP contribution in [0.4, 0.5) is 0 Å². The summed E-state index contributed by atoms with van der Waals surface area (Å²) in [5.74, 6) is 0.306. The van der Waals surface area contributed by atoms with Crippen LogP contribution in [0.2, 0.25) is 5.02 Å². The molecular weight excluding hydrogens is 216 g/mol. The molecule has 0 saturated heterocycles. The summed E-state index contributed by atoms with van der Waals surface area (Å²) in [4.78, 5) is 0. The maximum absolute atomic E-state index is 10.0. The van der Waals surface area contributed by atoms with E-state index in [1.165, 1.54) is 7.11 Å². The molecule has 1 aromatic carbocycles. The quantitative estimate of drug-likeness (QED) is 0.817. The fraction of sp³-hybridized carbons (Fsp3) is 0.455. The second kappa shape index (κ2) is 3.29. The molecule has 1 saturated carbocycles. The Labute approximate surface area is 93.3 Å². The Morgan fingerprint density at radius 2 is 2.07 bits per heavy atom. The van der Waals surface area contributed by atoms with E-state index in [0.717, 1.165) is 5.56 Å². The Balaban J connectivity index is 2.65. The first-order chi connectivity index (χ1) is 6.99. The highest BCUT2D eigenvalue weighted by atomic mass is 35.5. The van der Waals surface area contributed by atoms with Gasteiger partial charge < -0.3 is 14.9 Å². The van der Waals surface area contributed by atoms with E-state index < -0.39 is 5.60 Å². The van der Waals surface area contributed by atoms with Crippen LogP contribution < -0.4 is 4.74 Å². The number of aromatic hydroxyl groups is 1. The zero-order chi connectivity index (χ0) is 11.2. The number of aryl methyl sites for hydroxylation is 1. The second-order valence-electron chi connectivity index (χ2n) is 3.96. The van der Waals surface area contributed by atoms with Gasteiger partial charge in [0.2, 0.25) is 0 Å². The summed E-state index contributed by atoms with van der Waals surface area (Å²) < 4.78 is 5.02. The number of phenolic OH excluding ortho intramolecular Hbond substituents is 1. The predicted molar refractivity (Wildman–Crippen MR) is 57.5 cm³/mol. The molecule has 0 amide bonds. The van der Waals surface area contributed by atoms with E-state index >= 15 is 0 Å². The van der Waals surface area contributed by atoms with Crippen molar-refractivity contribution in [3.8, 4) is 11.5 Å². The highest BCUT2D eigenvalue weighted by molar-refractivity contribution is 6.32. The SMILES string of the molecule is COc1cc(C)c(Cl)c(C2(O)CC2)c1O. The Hall–Kier alpha value is -0.930. The molecule has 0 spiro atoms. The summed E-state index contributed by atoms with van der Waals surface area (Å²) in [6.07, 6.45) is 1.26. The van der Waals surface area contributed by atoms with Crippen LogP contribution >= 0.6 is 11.6 Å². The van der Waals surface area contributed by atoms with Gasteiger partial charge in [0.05, 0.1) is 17.7 Å². The monoisotopic (exact) mass is 228 g/mol. The number of hydrogen-bond donors (Lipinski definition) is 2. The molecule has 15 heavy (non-hydrogen) atoms. The van der Waals surface area contributed by atoms with Gasteiger partial charge >= 0.3 is 0 Å². The molecule has 2 N–H and O–H groups in total. The second-order valence-corrected chi connectivity index (χ2v) is 4.34. The number of hydrogen-bond acceptors (Lipinski definition) is 3. The van der Waals surface area contributed by atoms with Gasteiger partial charge in [0.15, 0.2) is 11.5 Å². The molecule has 0 atom stereocenters. The van der Waals surface area contributed by atoms with Crippen molar-refractivity contribution in [2.24, 2.45) is 0 Å². The van der Waals surface area contributed by atoms with Gasteiger partial charge in [0.25, 0.3) is 0 Å². The van der Waals surface area contributed by atoms with Gasteiger partial charge in [0.1, 0.15) is 0 Å². The van der Waals surface area contributed by atoms with Crippen molar-refractivity contribution in [3.63, 3.8) is 0 Å². The van der Waals surface area contributed by atoms with Crippen LogP contribution in [-0.4, -0.2) is 17.3 Å². The number of benzene rings is 1. The molecular formula is C11H13ClO3. The lowest BCUT2D eigenvalue weighted by Crippen LogP contribution is -2.07. The third-order valence-corrected chi connectivity index (χ3v) is 3.28. The summed E-state index contributed by atoms with van der Waals surface area (Å²) in [6, 6.07) is 1.66. The fourth-order valence-corrected chi connectivity index (χ4v) is 2.02. The van der Waals surface area contributed by atoms with Crippen LogP contribution in [0, 0.1) is 6.92 Å². The zero-order valence-electron chi connectivity index (χ0n) is 8.67. The van der Waals surface area contributed by atoms with Gasteiger partial charge in [-0.25, -0.2) is 0 Å². The number of methoxy groups -OCH3 is 1. The zero-order valence-corrected chi connectivity index (χ0v) is 9.43. The van der Waals surface area contributed by atoms with Gasteiger partial charge in [0, 0.05) is 5.56 Å². The number of halogens is 1. The molecule has 1 aromatic rings. The molecule has 1 aliphatic rings. The van der Waals surface area contributed by atoms with Crippen molar-refractivity contribution in [2.45, 2.75) is 25.4 Å². The molecule has 0 unspecified atom stereocenters. The van der Waals surface area contributed by atoms with Crippen LogP contribution in [0.5, 0.6) is 11.5 Å². The largest absolute Gasteiger partial charge is 0.504 e. The third kappa shape index (κ3) is 1.56. The van der Waals surface area contributed by atoms with E-state index in [2.05, 4.69) is 0 Å². The molecule has 1 fully saturated rings. The molecule has 0 bridgehead atoms. The van der Waals surface area contributed by atoms with E-state index in [9.17, 15) is 10.2 Å². The topological polar surface area (TPSA) is 49.7 Å². The smallest absolute Gasteiger partial charge is 0.165 e. The first-order valence-electron chi connectivity index (χ1n) is 4.78. The summed E-state index contributed by atoms with van der Waals surface area (Å²) in [5, 5.41) is 20.3. The highest BCUT2D eigenvalue weighted by Crippen LogP contribution is 2.54. The van der Waals surface area contributed by atoms with Crippen LogP contribution in [-0.2, 0) is 5.60 Å². The van der Waals surface area contributed by atoms with Crippen LogP contribution in [0.3, 0.4) is 0 Å². The molecule has 0 aromatic heterocycles. The molecule has 3 nitrogen and oxygen atoms in total. The lowest BCUT2D eigenvalue weighted by molar-refractivity contribution is 0.147. The predicted octanol–water partition coefficient (Wildman–Crippen LogP) is 2.34. The van der Waals surface area contributed by atoms with Gasteiger partial charge in [-0.3, -0.25) is 0 Å². The Morgan fingerprint density at radius 1 is 1.47 bits per heavy atom. The van der Waals surface area contributed by atoms with Crippen molar-refractivity contribution < 1.29 is 14.9 Å². The van der Waals surface area contributed by atoms with Crippen LogP contribution in [0.1, 0.15) is 24.0 Å². The third-order valence-electron chi connectivity index (χ3n) is 2.79. The van der Waals surface area contributed by atoms with E-state index in [0.29, 0.717) is 29.2 Å². The van der Waals surface area contributed by atoms with E-state index in [1.54, 1.807) is 6.07 Å². The average molecular weight is 229 g/mol. The van der Waals surface area contributed by atoms with E-state index in [4.69, 9.17) is 16.3 Å². The van der Waals surface area contributed by atoms with Crippen molar-refractivity contribution in [1.29, 1.82) is 0 Å². The Bertz CT molecular complexity index is 411. The number of phenols is 1. The minimum absolute atomic E-state index is 0.0481. The van der Waals surface area contributed by atoms with Crippen molar-refractivity contribution >= 4 is 11.6 Å². The number of aliphatic hydroxyl groups is 1. The van der Waals surface area contributed by atoms with Gasteiger partial charge in [-0.2, -0.15) is 0 Å². The fourth-order valence-electron chi connectivity index (χ4n) is 1.70. The van der Waals surface area contributed by atoms with E-state index in [-0.39, 0.29) is 5.75 Å². The first-order valence-corrected chi connectivity index (χ1v) is 5.16. The van der Waals surface area contributed by atoms with Crippen molar-refractivity contribution in [1.82, 2.24) is 0 Å². The van der Waals surface area contributed by atoms with Gasteiger partial charge in [-0.15, -0.1) is 0 Å². The Morgan fingerprint density at radius 3 is 2.53 bits per heavy atom. The molecule has 4 heteroatoms. The van der Waals surface area contributed by atoms with E-state index in [1.807, 2.05) is 6.92 Å². The molecule has 1 aliphatic carbocycles. The molecule has 0 heterocycles. The lowest BCUT2D eigenvalue weighted by atomic mass is 10.0. The summed E-state index contributed by atoms with van der Waals surface area (Å²) in [7, 11) is 1.48. The van der Waals surface area contributed by atoms with Crippen molar-refractivity contribution in [2.75, 3.05) is 7.11 Å². The summed E-state index contributed by atoms with van der Waals surface area (Å²) >= 11 is 6.08. The van der Waals surface area contributed by atoms with Crippen LogP contribution in [0.15, 0.2) is 6.07 Å². The Kier molecular flexibility index (Phi) is 2.32. The standard InChI is InChI=1S/C11H13ClO3/c1-6-5-7(15-2)10(13)8(9(6)12)11(14)3-4-11/h5,13-14H,3-4H2,1-2H3. The van der Waals surface area contributed by atoms with Crippen LogP contribution in [0.25, 0.3) is 0 Å². The lowest BCUT2D eigenvalue weighted by Gasteiger charge is -2.17. The number of ether oxygens (including phenoxy) is 1. The highest BCUT2D eigenvalue weighted by Gasteiger charge is 2.46. The summed E-state index contributed by atoms with van der Waals surface area (Å²) in [6.45, 7) is 1.82. The van der Waals surface area contributed by atoms with Crippen molar-refractivity contribution in [3.05, 3.63) is 22.2 Å². The first kappa shape index (κ1) is 10.6. The number of rotatable bonds is 2. The average Bonchev–Trinajstić information content (AvgIpc) is 2.91. The van der Waals surface area contributed by atoms with Gasteiger partial charge in [-0.1, -0.05) is 11.6 Å². The maximum atomic E-state index is 10.0. The minimum atomic E-state index is -0.958. The molecule has 0 radical (unpaired) electrons.